The number of hydrogen-bond acceptors (Lipinski definition) is 4. The molecule has 1 heterocycles. The molecule has 2 aromatic rings. The Morgan fingerprint density at radius 2 is 1.93 bits per heavy atom. The number of nitrogens with zero attached hydrogens (tertiary/aromatic N) is 1. The highest BCUT2D eigenvalue weighted by molar-refractivity contribution is 5.89. The maximum absolute atomic E-state index is 13.8. The van der Waals surface area contributed by atoms with Crippen molar-refractivity contribution in [2.24, 2.45) is 17.8 Å². The van der Waals surface area contributed by atoms with Gasteiger partial charge < -0.3 is 14.4 Å². The third-order valence-corrected chi connectivity index (χ3v) is 5.48. The smallest absolute Gasteiger partial charge is 0.412 e. The van der Waals surface area contributed by atoms with Crippen LogP contribution in [0.3, 0.4) is 0 Å². The summed E-state index contributed by atoms with van der Waals surface area (Å²) in [6.07, 6.45) is -0.590. The molecule has 1 saturated heterocycles. The summed E-state index contributed by atoms with van der Waals surface area (Å²) in [6.45, 7) is 2.77. The Bertz CT molecular complexity index is 802. The summed E-state index contributed by atoms with van der Waals surface area (Å²) in [6, 6.07) is 13.9. The van der Waals surface area contributed by atoms with Gasteiger partial charge in [-0.15, -0.1) is 0 Å². The van der Waals surface area contributed by atoms with Crippen molar-refractivity contribution in [2.75, 3.05) is 37.0 Å². The minimum Gasteiger partial charge on any atom is -0.444 e. The minimum absolute atomic E-state index is 0.171. The molecule has 2 fully saturated rings. The predicted octanol–water partition coefficient (Wildman–Crippen LogP) is 3.90. The maximum Gasteiger partial charge on any atom is 0.412 e. The molecule has 1 aliphatic heterocycles. The van der Waals surface area contributed by atoms with E-state index in [0.717, 1.165) is 30.9 Å². The average Bonchev–Trinajstić information content (AvgIpc) is 3.11. The second kappa shape index (κ2) is 7.56. The van der Waals surface area contributed by atoms with Crippen LogP contribution < -0.4 is 10.2 Å². The van der Waals surface area contributed by atoms with Crippen LogP contribution in [-0.2, 0) is 16.1 Å². The van der Waals surface area contributed by atoms with E-state index in [4.69, 9.17) is 9.47 Å². The van der Waals surface area contributed by atoms with Gasteiger partial charge in [-0.25, -0.2) is 9.18 Å². The molecular weight excluding hydrogens is 347 g/mol. The third kappa shape index (κ3) is 3.90. The van der Waals surface area contributed by atoms with Gasteiger partial charge in [0.05, 0.1) is 11.4 Å². The molecule has 5 nitrogen and oxygen atoms in total. The summed E-state index contributed by atoms with van der Waals surface area (Å²) in [5.41, 5.74) is 2.17. The first kappa shape index (κ1) is 17.8. The first-order valence-corrected chi connectivity index (χ1v) is 9.17. The monoisotopic (exact) mass is 370 g/mol. The van der Waals surface area contributed by atoms with E-state index >= 15 is 0 Å². The highest BCUT2D eigenvalue weighted by atomic mass is 19.1. The van der Waals surface area contributed by atoms with Gasteiger partial charge in [0.15, 0.2) is 0 Å². The highest BCUT2D eigenvalue weighted by Gasteiger charge is 2.55. The first-order chi connectivity index (χ1) is 13.2. The van der Waals surface area contributed by atoms with E-state index < -0.39 is 11.9 Å². The summed E-state index contributed by atoms with van der Waals surface area (Å²) in [4.78, 5) is 14.4. The number of amides is 1. The van der Waals surface area contributed by atoms with E-state index in [1.54, 1.807) is 13.2 Å². The Labute approximate surface area is 158 Å². The first-order valence-electron chi connectivity index (χ1n) is 9.17. The van der Waals surface area contributed by atoms with Crippen LogP contribution in [0.25, 0.3) is 0 Å². The van der Waals surface area contributed by atoms with Gasteiger partial charge in [-0.3, -0.25) is 5.32 Å². The number of halogens is 1. The van der Waals surface area contributed by atoms with Crippen molar-refractivity contribution in [3.05, 3.63) is 59.9 Å². The molecule has 0 radical (unpaired) electrons. The normalized spacial score (nSPS) is 23.0. The van der Waals surface area contributed by atoms with Gasteiger partial charge in [-0.2, -0.15) is 0 Å². The second-order valence-electron chi connectivity index (χ2n) is 7.20. The van der Waals surface area contributed by atoms with Gasteiger partial charge in [-0.1, -0.05) is 30.3 Å². The Balaban J connectivity index is 1.39. The number of carbonyl (C=O) groups excluding carboxylic acids is 1. The molecule has 2 aromatic carbocycles. The van der Waals surface area contributed by atoms with Crippen LogP contribution in [0, 0.1) is 23.6 Å². The molecule has 0 bridgehead atoms. The van der Waals surface area contributed by atoms with E-state index in [1.165, 1.54) is 12.1 Å². The fourth-order valence-electron chi connectivity index (χ4n) is 4.04. The van der Waals surface area contributed by atoms with Gasteiger partial charge in [0, 0.05) is 26.8 Å². The predicted molar refractivity (Wildman–Crippen MR) is 101 cm³/mol. The number of rotatable bonds is 6. The van der Waals surface area contributed by atoms with Crippen LogP contribution in [0.4, 0.5) is 20.6 Å². The molecule has 0 aromatic heterocycles. The Morgan fingerprint density at radius 3 is 2.63 bits per heavy atom. The molecule has 1 amide bonds. The molecule has 6 heteroatoms. The van der Waals surface area contributed by atoms with Crippen molar-refractivity contribution >= 4 is 17.5 Å². The van der Waals surface area contributed by atoms with Crippen molar-refractivity contribution < 1.29 is 18.7 Å². The van der Waals surface area contributed by atoms with Gasteiger partial charge in [0.25, 0.3) is 0 Å². The van der Waals surface area contributed by atoms with Gasteiger partial charge in [0.1, 0.15) is 12.4 Å². The van der Waals surface area contributed by atoms with Crippen LogP contribution in [0.5, 0.6) is 0 Å². The average molecular weight is 370 g/mol. The minimum atomic E-state index is -0.590. The molecule has 142 valence electrons. The second-order valence-corrected chi connectivity index (χ2v) is 7.20. The van der Waals surface area contributed by atoms with E-state index in [2.05, 4.69) is 10.2 Å². The van der Waals surface area contributed by atoms with E-state index in [0.29, 0.717) is 23.4 Å². The summed E-state index contributed by atoms with van der Waals surface area (Å²) >= 11 is 0. The van der Waals surface area contributed by atoms with Crippen LogP contribution in [0.15, 0.2) is 48.5 Å². The number of carbonyl (C=O) groups is 1. The SMILES string of the molecule is COCC1C2CN(c3ccc(F)cc3NC(=O)OCc3ccccc3)C[C@H]12. The maximum atomic E-state index is 13.8. The largest absolute Gasteiger partial charge is 0.444 e. The van der Waals surface area contributed by atoms with Crippen molar-refractivity contribution in [2.45, 2.75) is 6.61 Å². The summed E-state index contributed by atoms with van der Waals surface area (Å²) in [7, 11) is 1.73. The number of ether oxygens (including phenoxy) is 2. The molecule has 1 aliphatic carbocycles. The fraction of sp³-hybridized carbons (Fsp3) is 0.381. The fourth-order valence-corrected chi connectivity index (χ4v) is 4.04. The molecule has 27 heavy (non-hydrogen) atoms. The number of hydrogen-bond donors (Lipinski definition) is 1. The zero-order chi connectivity index (χ0) is 18.8. The molecule has 1 N–H and O–H groups in total. The standard InChI is InChI=1S/C21H23FN2O3/c1-26-13-18-16-10-24(11-17(16)18)20-8-7-15(22)9-19(20)23-21(25)27-12-14-5-3-2-4-6-14/h2-9,16-18H,10-13H2,1H3,(H,23,25)/t16-,17?,18?/m0/s1. The lowest BCUT2D eigenvalue weighted by atomic mass is 10.2. The summed E-state index contributed by atoms with van der Waals surface area (Å²) in [5, 5.41) is 2.70. The Morgan fingerprint density at radius 1 is 1.19 bits per heavy atom. The number of anilines is 2. The van der Waals surface area contributed by atoms with E-state index in [1.807, 2.05) is 30.3 Å². The lowest BCUT2D eigenvalue weighted by Gasteiger charge is -2.24. The molecule has 2 aliphatic rings. The zero-order valence-corrected chi connectivity index (χ0v) is 15.2. The number of nitrogens with one attached hydrogen (secondary N) is 1. The summed E-state index contributed by atoms with van der Waals surface area (Å²) in [5.74, 6) is 1.47. The molecule has 1 saturated carbocycles. The van der Waals surface area contributed by atoms with Crippen LogP contribution >= 0.6 is 0 Å². The molecule has 3 atom stereocenters. The van der Waals surface area contributed by atoms with E-state index in [9.17, 15) is 9.18 Å². The molecule has 2 unspecified atom stereocenters. The van der Waals surface area contributed by atoms with Gasteiger partial charge >= 0.3 is 6.09 Å². The lowest BCUT2D eigenvalue weighted by molar-refractivity contribution is 0.155. The lowest BCUT2D eigenvalue weighted by Crippen LogP contribution is -2.26. The summed E-state index contributed by atoms with van der Waals surface area (Å²) < 4.78 is 24.3. The van der Waals surface area contributed by atoms with Crippen LogP contribution in [-0.4, -0.2) is 32.9 Å². The molecule has 0 spiro atoms. The van der Waals surface area contributed by atoms with E-state index in [-0.39, 0.29) is 6.61 Å². The zero-order valence-electron chi connectivity index (χ0n) is 15.2. The van der Waals surface area contributed by atoms with Gasteiger partial charge in [0.2, 0.25) is 0 Å². The number of piperidine rings is 1. The Kier molecular flexibility index (Phi) is 4.99. The van der Waals surface area contributed by atoms with Crippen molar-refractivity contribution in [1.29, 1.82) is 0 Å². The Hall–Kier alpha value is -2.60. The van der Waals surface area contributed by atoms with Crippen LogP contribution in [0.1, 0.15) is 5.56 Å². The topological polar surface area (TPSA) is 50.8 Å². The van der Waals surface area contributed by atoms with Crippen molar-refractivity contribution in [3.8, 4) is 0 Å². The van der Waals surface area contributed by atoms with Gasteiger partial charge in [-0.05, 0) is 41.5 Å². The third-order valence-electron chi connectivity index (χ3n) is 5.48. The quantitative estimate of drug-likeness (QED) is 0.838. The van der Waals surface area contributed by atoms with Crippen LogP contribution in [0.2, 0.25) is 0 Å². The highest BCUT2D eigenvalue weighted by Crippen LogP contribution is 2.53. The number of benzene rings is 2. The van der Waals surface area contributed by atoms with Crippen molar-refractivity contribution in [3.63, 3.8) is 0 Å². The number of fused-ring (bicyclic) bond motifs is 1. The molecule has 4 rings (SSSR count). The molecular formula is C21H23FN2O3. The number of methoxy groups -OCH3 is 1. The van der Waals surface area contributed by atoms with Crippen molar-refractivity contribution in [1.82, 2.24) is 0 Å².